The van der Waals surface area contributed by atoms with Crippen molar-refractivity contribution in [3.8, 4) is 0 Å². The zero-order valence-corrected chi connectivity index (χ0v) is 9.92. The van der Waals surface area contributed by atoms with Gasteiger partial charge in [0, 0.05) is 12.0 Å². The summed E-state index contributed by atoms with van der Waals surface area (Å²) < 4.78 is 18.4. The summed E-state index contributed by atoms with van der Waals surface area (Å²) in [4.78, 5) is 12.0. The zero-order valence-electron chi connectivity index (χ0n) is 9.17. The van der Waals surface area contributed by atoms with Crippen molar-refractivity contribution in [1.29, 1.82) is 0 Å². The average molecular weight is 253 g/mol. The minimum atomic E-state index is -0.500. The van der Waals surface area contributed by atoms with Crippen LogP contribution in [0.3, 0.4) is 0 Å². The van der Waals surface area contributed by atoms with Crippen molar-refractivity contribution in [2.75, 3.05) is 0 Å². The molecule has 1 heterocycles. The van der Waals surface area contributed by atoms with Crippen molar-refractivity contribution >= 4 is 17.4 Å². The number of hydrogen-bond acceptors (Lipinski definition) is 2. The molecule has 0 aliphatic rings. The van der Waals surface area contributed by atoms with Crippen molar-refractivity contribution in [2.45, 2.75) is 13.3 Å². The molecule has 0 saturated heterocycles. The highest BCUT2D eigenvalue weighted by molar-refractivity contribution is 6.34. The first kappa shape index (κ1) is 11.9. The van der Waals surface area contributed by atoms with Gasteiger partial charge in [0.25, 0.3) is 0 Å². The molecular weight excluding hydrogens is 243 g/mol. The Morgan fingerprint density at radius 1 is 1.35 bits per heavy atom. The number of aryl methyl sites for hydroxylation is 1. The summed E-state index contributed by atoms with van der Waals surface area (Å²) in [5, 5.41) is 0.214. The molecule has 0 atom stereocenters. The van der Waals surface area contributed by atoms with E-state index in [0.717, 1.165) is 6.07 Å². The Kier molecular flexibility index (Phi) is 3.29. The van der Waals surface area contributed by atoms with Crippen LogP contribution in [0.1, 0.15) is 28.8 Å². The predicted molar refractivity (Wildman–Crippen MR) is 62.9 cm³/mol. The summed E-state index contributed by atoms with van der Waals surface area (Å²) in [6, 6.07) is 6.97. The van der Waals surface area contributed by atoms with E-state index in [1.165, 1.54) is 12.1 Å². The monoisotopic (exact) mass is 252 g/mol. The molecule has 0 unspecified atom stereocenters. The van der Waals surface area contributed by atoms with Crippen LogP contribution in [-0.2, 0) is 6.42 Å². The summed E-state index contributed by atoms with van der Waals surface area (Å²) >= 11 is 5.85. The largest absolute Gasteiger partial charge is 0.458 e. The fourth-order valence-corrected chi connectivity index (χ4v) is 1.70. The van der Waals surface area contributed by atoms with E-state index in [-0.39, 0.29) is 16.3 Å². The number of carbonyl (C=O) groups excluding carboxylic acids is 1. The maximum Gasteiger partial charge on any atom is 0.229 e. The Labute approximate surface area is 103 Å². The molecule has 0 spiro atoms. The van der Waals surface area contributed by atoms with Gasteiger partial charge in [-0.25, -0.2) is 4.39 Å². The van der Waals surface area contributed by atoms with Gasteiger partial charge < -0.3 is 4.42 Å². The first-order chi connectivity index (χ1) is 8.11. The van der Waals surface area contributed by atoms with Crippen LogP contribution in [0.4, 0.5) is 4.39 Å². The fourth-order valence-electron chi connectivity index (χ4n) is 1.49. The van der Waals surface area contributed by atoms with Crippen LogP contribution in [0.15, 0.2) is 34.7 Å². The molecule has 0 saturated carbocycles. The molecule has 17 heavy (non-hydrogen) atoms. The molecule has 0 aliphatic heterocycles. The summed E-state index contributed by atoms with van der Waals surface area (Å²) in [5.41, 5.74) is 0.115. The van der Waals surface area contributed by atoms with Crippen molar-refractivity contribution in [2.24, 2.45) is 0 Å². The van der Waals surface area contributed by atoms with Gasteiger partial charge in [-0.05, 0) is 30.3 Å². The molecule has 1 aromatic heterocycles. The van der Waals surface area contributed by atoms with Crippen LogP contribution < -0.4 is 0 Å². The summed E-state index contributed by atoms with van der Waals surface area (Å²) in [6.45, 7) is 1.92. The highest BCUT2D eigenvalue weighted by atomic mass is 35.5. The van der Waals surface area contributed by atoms with E-state index in [9.17, 15) is 9.18 Å². The van der Waals surface area contributed by atoms with E-state index >= 15 is 0 Å². The minimum Gasteiger partial charge on any atom is -0.458 e. The molecule has 0 fully saturated rings. The third kappa shape index (κ3) is 2.39. The number of rotatable bonds is 3. The van der Waals surface area contributed by atoms with E-state index in [1.807, 2.05) is 6.92 Å². The van der Waals surface area contributed by atoms with Crippen molar-refractivity contribution in [1.82, 2.24) is 0 Å². The molecule has 1 aromatic carbocycles. The molecule has 2 aromatic rings. The summed E-state index contributed by atoms with van der Waals surface area (Å²) in [7, 11) is 0. The van der Waals surface area contributed by atoms with Crippen LogP contribution in [-0.4, -0.2) is 5.78 Å². The van der Waals surface area contributed by atoms with E-state index < -0.39 is 11.6 Å². The molecule has 0 aliphatic carbocycles. The average Bonchev–Trinajstić information content (AvgIpc) is 2.80. The fraction of sp³-hybridized carbons (Fsp3) is 0.154. The molecule has 0 radical (unpaired) electrons. The van der Waals surface area contributed by atoms with Gasteiger partial charge in [-0.2, -0.15) is 0 Å². The first-order valence-corrected chi connectivity index (χ1v) is 5.58. The Balaban J connectivity index is 2.39. The summed E-state index contributed by atoms with van der Waals surface area (Å²) in [5.74, 6) is -0.0237. The van der Waals surface area contributed by atoms with Crippen molar-refractivity contribution in [3.05, 3.63) is 58.3 Å². The number of halogens is 2. The predicted octanol–water partition coefficient (Wildman–Crippen LogP) is 3.87. The normalized spacial score (nSPS) is 10.5. The first-order valence-electron chi connectivity index (χ1n) is 5.20. The van der Waals surface area contributed by atoms with E-state index in [1.54, 1.807) is 12.1 Å². The van der Waals surface area contributed by atoms with Gasteiger partial charge in [0.1, 0.15) is 11.6 Å². The Morgan fingerprint density at radius 2 is 2.12 bits per heavy atom. The maximum absolute atomic E-state index is 13.1. The lowest BCUT2D eigenvalue weighted by Gasteiger charge is -2.01. The third-order valence-electron chi connectivity index (χ3n) is 2.41. The van der Waals surface area contributed by atoms with Gasteiger partial charge in [0.05, 0.1) is 5.02 Å². The highest BCUT2D eigenvalue weighted by Crippen LogP contribution is 2.21. The lowest BCUT2D eigenvalue weighted by atomic mass is 10.1. The molecule has 0 amide bonds. The second-order valence-electron chi connectivity index (χ2n) is 3.57. The van der Waals surface area contributed by atoms with Crippen LogP contribution in [0.25, 0.3) is 0 Å². The molecule has 0 bridgehead atoms. The Morgan fingerprint density at radius 3 is 2.76 bits per heavy atom. The molecule has 2 nitrogen and oxygen atoms in total. The van der Waals surface area contributed by atoms with Crippen molar-refractivity contribution < 1.29 is 13.6 Å². The van der Waals surface area contributed by atoms with Gasteiger partial charge in [0.2, 0.25) is 5.78 Å². The lowest BCUT2D eigenvalue weighted by molar-refractivity contribution is 0.101. The van der Waals surface area contributed by atoms with Gasteiger partial charge >= 0.3 is 0 Å². The van der Waals surface area contributed by atoms with Crippen LogP contribution >= 0.6 is 11.6 Å². The Bertz CT molecular complexity index is 560. The molecule has 0 N–H and O–H groups in total. The second kappa shape index (κ2) is 4.72. The SMILES string of the molecule is CCc1ccc(C(=O)c2cc(F)ccc2Cl)o1. The highest BCUT2D eigenvalue weighted by Gasteiger charge is 2.17. The zero-order chi connectivity index (χ0) is 12.4. The van der Waals surface area contributed by atoms with Gasteiger partial charge in [-0.15, -0.1) is 0 Å². The summed E-state index contributed by atoms with van der Waals surface area (Å²) in [6.07, 6.45) is 0.699. The smallest absolute Gasteiger partial charge is 0.229 e. The molecule has 2 rings (SSSR count). The second-order valence-corrected chi connectivity index (χ2v) is 3.98. The van der Waals surface area contributed by atoms with Crippen LogP contribution in [0, 0.1) is 5.82 Å². The molecule has 88 valence electrons. The van der Waals surface area contributed by atoms with Gasteiger partial charge in [0.15, 0.2) is 5.76 Å². The molecular formula is C13H10ClFO2. The number of hydrogen-bond donors (Lipinski definition) is 0. The van der Waals surface area contributed by atoms with Gasteiger partial charge in [-0.3, -0.25) is 4.79 Å². The van der Waals surface area contributed by atoms with E-state index in [4.69, 9.17) is 16.0 Å². The molecule has 4 heteroatoms. The minimum absolute atomic E-state index is 0.115. The standard InChI is InChI=1S/C13H10ClFO2/c1-2-9-4-6-12(17-9)13(16)10-7-8(15)3-5-11(10)14/h3-7H,2H2,1H3. The van der Waals surface area contributed by atoms with Crippen LogP contribution in [0.2, 0.25) is 5.02 Å². The van der Waals surface area contributed by atoms with Crippen molar-refractivity contribution in [3.63, 3.8) is 0 Å². The van der Waals surface area contributed by atoms with E-state index in [0.29, 0.717) is 12.2 Å². The number of ketones is 1. The topological polar surface area (TPSA) is 30.2 Å². The Hall–Kier alpha value is -1.61. The number of carbonyl (C=O) groups is 1. The van der Waals surface area contributed by atoms with E-state index in [2.05, 4.69) is 0 Å². The lowest BCUT2D eigenvalue weighted by Crippen LogP contribution is -2.01. The number of furan rings is 1. The number of benzene rings is 1. The maximum atomic E-state index is 13.1. The third-order valence-corrected chi connectivity index (χ3v) is 2.74. The van der Waals surface area contributed by atoms with Gasteiger partial charge in [-0.1, -0.05) is 18.5 Å². The quantitative estimate of drug-likeness (QED) is 0.777. The van der Waals surface area contributed by atoms with Crippen LogP contribution in [0.5, 0.6) is 0 Å².